The van der Waals surface area contributed by atoms with Gasteiger partial charge in [0, 0.05) is 23.9 Å². The second-order valence-electron chi connectivity index (χ2n) is 4.94. The van der Waals surface area contributed by atoms with E-state index >= 15 is 0 Å². The van der Waals surface area contributed by atoms with Crippen molar-refractivity contribution in [3.05, 3.63) is 38.7 Å². The van der Waals surface area contributed by atoms with Crippen molar-refractivity contribution < 1.29 is 4.79 Å². The van der Waals surface area contributed by atoms with E-state index in [2.05, 4.69) is 15.5 Å². The third-order valence-corrected chi connectivity index (χ3v) is 4.41. The number of H-pyrrole nitrogens is 1. The topological polar surface area (TPSA) is 79.8 Å². The van der Waals surface area contributed by atoms with Crippen LogP contribution in [0, 0.1) is 0 Å². The fourth-order valence-electron chi connectivity index (χ4n) is 2.50. The molecule has 2 aromatic rings. The standard InChI is InChI=1S/C13H16N4O2S/c18-12(8-10-2-1-7-20-10)14-9-3-4-11-15-16-13(19)17(11)6-5-9/h1-2,7,9H,3-6,8H2,(H,14,18)(H,16,19). The lowest BCUT2D eigenvalue weighted by Gasteiger charge is -2.15. The molecule has 2 aromatic heterocycles. The van der Waals surface area contributed by atoms with Gasteiger partial charge >= 0.3 is 5.69 Å². The molecular weight excluding hydrogens is 276 g/mol. The summed E-state index contributed by atoms with van der Waals surface area (Å²) >= 11 is 1.59. The maximum Gasteiger partial charge on any atom is 0.343 e. The number of carbonyl (C=O) groups excluding carboxylic acids is 1. The number of hydrogen-bond acceptors (Lipinski definition) is 4. The monoisotopic (exact) mass is 292 g/mol. The van der Waals surface area contributed by atoms with Crippen LogP contribution < -0.4 is 11.0 Å². The van der Waals surface area contributed by atoms with Gasteiger partial charge in [0.25, 0.3) is 0 Å². The molecule has 1 unspecified atom stereocenters. The van der Waals surface area contributed by atoms with Gasteiger partial charge in [-0.2, -0.15) is 5.10 Å². The number of aryl methyl sites for hydroxylation is 1. The SMILES string of the molecule is O=C(Cc1cccs1)NC1CCc2n[nH]c(=O)n2CC1. The van der Waals surface area contributed by atoms with Crippen LogP contribution in [0.4, 0.5) is 0 Å². The van der Waals surface area contributed by atoms with Crippen LogP contribution in [0.3, 0.4) is 0 Å². The zero-order valence-corrected chi connectivity index (χ0v) is 11.8. The summed E-state index contributed by atoms with van der Waals surface area (Å²) in [5.41, 5.74) is -0.162. The molecule has 6 nitrogen and oxygen atoms in total. The van der Waals surface area contributed by atoms with Crippen molar-refractivity contribution >= 4 is 17.2 Å². The molecule has 1 aliphatic heterocycles. The molecule has 0 saturated carbocycles. The minimum Gasteiger partial charge on any atom is -0.353 e. The van der Waals surface area contributed by atoms with E-state index in [0.717, 1.165) is 23.5 Å². The van der Waals surface area contributed by atoms with E-state index in [4.69, 9.17) is 0 Å². The molecular formula is C13H16N4O2S. The Morgan fingerprint density at radius 1 is 1.55 bits per heavy atom. The number of carbonyl (C=O) groups is 1. The van der Waals surface area contributed by atoms with E-state index in [-0.39, 0.29) is 17.6 Å². The molecule has 3 rings (SSSR count). The Labute approximate surface area is 119 Å². The molecule has 0 spiro atoms. The van der Waals surface area contributed by atoms with Crippen molar-refractivity contribution in [1.82, 2.24) is 20.1 Å². The van der Waals surface area contributed by atoms with Gasteiger partial charge in [0.05, 0.1) is 6.42 Å². The lowest BCUT2D eigenvalue weighted by molar-refractivity contribution is -0.121. The zero-order valence-electron chi connectivity index (χ0n) is 11.0. The molecule has 0 fully saturated rings. The molecule has 20 heavy (non-hydrogen) atoms. The number of thiophene rings is 1. The normalized spacial score (nSPS) is 18.3. The van der Waals surface area contributed by atoms with Gasteiger partial charge in [-0.3, -0.25) is 9.36 Å². The molecule has 0 bridgehead atoms. The van der Waals surface area contributed by atoms with Crippen LogP contribution in [0.5, 0.6) is 0 Å². The molecule has 106 valence electrons. The van der Waals surface area contributed by atoms with E-state index < -0.39 is 0 Å². The predicted octanol–water partition coefficient (Wildman–Crippen LogP) is 0.697. The lowest BCUT2D eigenvalue weighted by Crippen LogP contribution is -2.36. The molecule has 0 radical (unpaired) electrons. The van der Waals surface area contributed by atoms with Gasteiger partial charge < -0.3 is 5.32 Å². The fraction of sp³-hybridized carbons (Fsp3) is 0.462. The molecule has 0 aromatic carbocycles. The van der Waals surface area contributed by atoms with Gasteiger partial charge in [0.1, 0.15) is 5.82 Å². The fourth-order valence-corrected chi connectivity index (χ4v) is 3.20. The highest BCUT2D eigenvalue weighted by Gasteiger charge is 2.20. The number of aromatic nitrogens is 3. The molecule has 1 amide bonds. The summed E-state index contributed by atoms with van der Waals surface area (Å²) in [5, 5.41) is 11.5. The van der Waals surface area contributed by atoms with Crippen LogP contribution in [-0.2, 0) is 24.2 Å². The largest absolute Gasteiger partial charge is 0.353 e. The number of nitrogens with zero attached hydrogens (tertiary/aromatic N) is 2. The first kappa shape index (κ1) is 13.1. The minimum atomic E-state index is -0.162. The Balaban J connectivity index is 1.57. The van der Waals surface area contributed by atoms with E-state index in [0.29, 0.717) is 19.4 Å². The van der Waals surface area contributed by atoms with Gasteiger partial charge in [-0.05, 0) is 24.3 Å². The van der Waals surface area contributed by atoms with Gasteiger partial charge in [-0.25, -0.2) is 9.89 Å². The highest BCUT2D eigenvalue weighted by atomic mass is 32.1. The summed E-state index contributed by atoms with van der Waals surface area (Å²) in [4.78, 5) is 24.6. The molecule has 1 atom stereocenters. The minimum absolute atomic E-state index is 0.0471. The second kappa shape index (κ2) is 5.62. The van der Waals surface area contributed by atoms with E-state index in [9.17, 15) is 9.59 Å². The summed E-state index contributed by atoms with van der Waals surface area (Å²) in [6.07, 6.45) is 2.73. The highest BCUT2D eigenvalue weighted by molar-refractivity contribution is 7.10. The Kier molecular flexibility index (Phi) is 3.68. The smallest absolute Gasteiger partial charge is 0.343 e. The summed E-state index contributed by atoms with van der Waals surface area (Å²) in [6, 6.07) is 4.03. The highest BCUT2D eigenvalue weighted by Crippen LogP contribution is 2.13. The van der Waals surface area contributed by atoms with Gasteiger partial charge in [0.15, 0.2) is 0 Å². The van der Waals surface area contributed by atoms with Gasteiger partial charge in [-0.1, -0.05) is 6.07 Å². The summed E-state index contributed by atoms with van der Waals surface area (Å²) in [7, 11) is 0. The van der Waals surface area contributed by atoms with Crippen molar-refractivity contribution in [3.63, 3.8) is 0 Å². The average Bonchev–Trinajstić information content (AvgIpc) is 2.98. The molecule has 2 N–H and O–H groups in total. The number of aromatic amines is 1. The van der Waals surface area contributed by atoms with Crippen LogP contribution in [0.1, 0.15) is 23.5 Å². The Hall–Kier alpha value is -1.89. The molecule has 1 aliphatic rings. The predicted molar refractivity (Wildman–Crippen MR) is 75.7 cm³/mol. The second-order valence-corrected chi connectivity index (χ2v) is 5.98. The first-order chi connectivity index (χ1) is 9.72. The van der Waals surface area contributed by atoms with Crippen LogP contribution in [0.15, 0.2) is 22.3 Å². The van der Waals surface area contributed by atoms with Crippen molar-refractivity contribution in [2.75, 3.05) is 0 Å². The number of fused-ring (bicyclic) bond motifs is 1. The van der Waals surface area contributed by atoms with Crippen molar-refractivity contribution in [2.45, 2.75) is 38.3 Å². The van der Waals surface area contributed by atoms with Crippen molar-refractivity contribution in [1.29, 1.82) is 0 Å². The number of rotatable bonds is 3. The number of amides is 1. The first-order valence-corrected chi connectivity index (χ1v) is 7.56. The quantitative estimate of drug-likeness (QED) is 0.874. The van der Waals surface area contributed by atoms with Crippen LogP contribution in [-0.4, -0.2) is 26.7 Å². The van der Waals surface area contributed by atoms with E-state index in [1.807, 2.05) is 17.5 Å². The first-order valence-electron chi connectivity index (χ1n) is 6.68. The van der Waals surface area contributed by atoms with Gasteiger partial charge in [0.2, 0.25) is 5.91 Å². The number of nitrogens with one attached hydrogen (secondary N) is 2. The Bertz CT molecular complexity index is 644. The maximum atomic E-state index is 12.0. The van der Waals surface area contributed by atoms with Crippen LogP contribution in [0.2, 0.25) is 0 Å². The van der Waals surface area contributed by atoms with E-state index in [1.165, 1.54) is 0 Å². The van der Waals surface area contributed by atoms with Crippen molar-refractivity contribution in [2.24, 2.45) is 0 Å². The van der Waals surface area contributed by atoms with Crippen LogP contribution >= 0.6 is 11.3 Å². The maximum absolute atomic E-state index is 12.0. The third kappa shape index (κ3) is 2.82. The molecule has 3 heterocycles. The number of hydrogen-bond donors (Lipinski definition) is 2. The van der Waals surface area contributed by atoms with Crippen LogP contribution in [0.25, 0.3) is 0 Å². The summed E-state index contributed by atoms with van der Waals surface area (Å²) in [5.74, 6) is 0.830. The average molecular weight is 292 g/mol. The Morgan fingerprint density at radius 3 is 3.25 bits per heavy atom. The summed E-state index contributed by atoms with van der Waals surface area (Å²) < 4.78 is 1.66. The molecule has 0 aliphatic carbocycles. The Morgan fingerprint density at radius 2 is 2.45 bits per heavy atom. The molecule has 0 saturated heterocycles. The van der Waals surface area contributed by atoms with Gasteiger partial charge in [-0.15, -0.1) is 11.3 Å². The third-order valence-electron chi connectivity index (χ3n) is 3.53. The van der Waals surface area contributed by atoms with Crippen molar-refractivity contribution in [3.8, 4) is 0 Å². The zero-order chi connectivity index (χ0) is 13.9. The lowest BCUT2D eigenvalue weighted by atomic mass is 10.1. The summed E-state index contributed by atoms with van der Waals surface area (Å²) in [6.45, 7) is 0.606. The van der Waals surface area contributed by atoms with E-state index in [1.54, 1.807) is 15.9 Å². The molecule has 7 heteroatoms.